The summed E-state index contributed by atoms with van der Waals surface area (Å²) in [4.78, 5) is 17.7. The monoisotopic (exact) mass is 305 g/mol. The van der Waals surface area contributed by atoms with Crippen molar-refractivity contribution in [3.8, 4) is 0 Å². The van der Waals surface area contributed by atoms with Gasteiger partial charge in [-0.05, 0) is 23.9 Å². The molecule has 0 unspecified atom stereocenters. The van der Waals surface area contributed by atoms with Gasteiger partial charge in [0.05, 0.1) is 11.9 Å². The second kappa shape index (κ2) is 5.76. The molecule has 1 N–H and O–H groups in total. The van der Waals surface area contributed by atoms with Gasteiger partial charge in [-0.2, -0.15) is 0 Å². The van der Waals surface area contributed by atoms with E-state index in [1.807, 2.05) is 29.9 Å². The lowest BCUT2D eigenvalue weighted by Crippen LogP contribution is -2.18. The first kappa shape index (κ1) is 13.3. The van der Waals surface area contributed by atoms with Crippen molar-refractivity contribution in [2.45, 2.75) is 19.9 Å². The Morgan fingerprint density at radius 1 is 1.40 bits per heavy atom. The molecule has 3 aromatic rings. The SMILES string of the molecule is CCCNc1ncc(Cn2ccc3sccc3c2=O)s1. The summed E-state index contributed by atoms with van der Waals surface area (Å²) in [6, 6.07) is 3.89. The summed E-state index contributed by atoms with van der Waals surface area (Å²) in [5, 5.41) is 6.94. The van der Waals surface area contributed by atoms with Crippen molar-refractivity contribution in [3.05, 3.63) is 45.1 Å². The van der Waals surface area contributed by atoms with Crippen LogP contribution in [0, 0.1) is 0 Å². The maximum absolute atomic E-state index is 12.3. The molecular formula is C14H15N3OS2. The van der Waals surface area contributed by atoms with Crippen molar-refractivity contribution >= 4 is 37.9 Å². The molecule has 3 heterocycles. The first-order valence-electron chi connectivity index (χ1n) is 6.53. The van der Waals surface area contributed by atoms with E-state index >= 15 is 0 Å². The van der Waals surface area contributed by atoms with Crippen LogP contribution in [0.5, 0.6) is 0 Å². The molecule has 0 amide bonds. The molecule has 20 heavy (non-hydrogen) atoms. The molecule has 0 aliphatic carbocycles. The van der Waals surface area contributed by atoms with E-state index in [-0.39, 0.29) is 5.56 Å². The van der Waals surface area contributed by atoms with Crippen molar-refractivity contribution < 1.29 is 0 Å². The van der Waals surface area contributed by atoms with Gasteiger partial charge in [0.1, 0.15) is 0 Å². The molecule has 4 nitrogen and oxygen atoms in total. The molecule has 0 aliphatic heterocycles. The Morgan fingerprint density at radius 3 is 3.15 bits per heavy atom. The predicted octanol–water partition coefficient (Wildman–Crippen LogP) is 3.39. The zero-order chi connectivity index (χ0) is 13.9. The van der Waals surface area contributed by atoms with Crippen LogP contribution >= 0.6 is 22.7 Å². The number of thiophene rings is 1. The fourth-order valence-corrected chi connectivity index (χ4v) is 3.60. The number of thiazole rings is 1. The van der Waals surface area contributed by atoms with Gasteiger partial charge in [0.15, 0.2) is 5.13 Å². The molecule has 0 spiro atoms. The number of rotatable bonds is 5. The van der Waals surface area contributed by atoms with E-state index in [9.17, 15) is 4.79 Å². The molecule has 0 aromatic carbocycles. The summed E-state index contributed by atoms with van der Waals surface area (Å²) < 4.78 is 2.78. The molecule has 104 valence electrons. The minimum atomic E-state index is 0.0696. The smallest absolute Gasteiger partial charge is 0.259 e. The van der Waals surface area contributed by atoms with Crippen molar-refractivity contribution in [1.82, 2.24) is 9.55 Å². The van der Waals surface area contributed by atoms with Gasteiger partial charge in [0.2, 0.25) is 0 Å². The minimum absolute atomic E-state index is 0.0696. The van der Waals surface area contributed by atoms with Crippen LogP contribution in [0.3, 0.4) is 0 Å². The van der Waals surface area contributed by atoms with Crippen LogP contribution in [0.4, 0.5) is 5.13 Å². The number of hydrogen-bond acceptors (Lipinski definition) is 5. The van der Waals surface area contributed by atoms with E-state index in [1.165, 1.54) is 0 Å². The fraction of sp³-hybridized carbons (Fsp3) is 0.286. The molecule has 0 saturated carbocycles. The van der Waals surface area contributed by atoms with E-state index in [2.05, 4.69) is 17.2 Å². The summed E-state index contributed by atoms with van der Waals surface area (Å²) in [5.74, 6) is 0. The van der Waals surface area contributed by atoms with E-state index in [0.29, 0.717) is 6.54 Å². The lowest BCUT2D eigenvalue weighted by Gasteiger charge is -2.03. The largest absolute Gasteiger partial charge is 0.362 e. The van der Waals surface area contributed by atoms with Crippen molar-refractivity contribution in [2.24, 2.45) is 0 Å². The average Bonchev–Trinajstić information content (AvgIpc) is 3.09. The quantitative estimate of drug-likeness (QED) is 0.786. The van der Waals surface area contributed by atoms with Gasteiger partial charge in [-0.3, -0.25) is 4.79 Å². The summed E-state index contributed by atoms with van der Waals surface area (Å²) in [7, 11) is 0. The van der Waals surface area contributed by atoms with E-state index in [4.69, 9.17) is 0 Å². The third kappa shape index (κ3) is 2.62. The van der Waals surface area contributed by atoms with Gasteiger partial charge in [-0.1, -0.05) is 6.92 Å². The maximum atomic E-state index is 12.3. The van der Waals surface area contributed by atoms with E-state index in [1.54, 1.807) is 27.2 Å². The molecule has 3 aromatic heterocycles. The predicted molar refractivity (Wildman–Crippen MR) is 86.1 cm³/mol. The number of nitrogens with zero attached hydrogens (tertiary/aromatic N) is 2. The average molecular weight is 305 g/mol. The first-order valence-corrected chi connectivity index (χ1v) is 8.23. The van der Waals surface area contributed by atoms with Crippen LogP contribution in [0.15, 0.2) is 34.7 Å². The molecule has 3 rings (SSSR count). The van der Waals surface area contributed by atoms with Crippen molar-refractivity contribution in [3.63, 3.8) is 0 Å². The van der Waals surface area contributed by atoms with Gasteiger partial charge in [-0.25, -0.2) is 4.98 Å². The normalized spacial score (nSPS) is 11.1. The van der Waals surface area contributed by atoms with Crippen LogP contribution in [-0.4, -0.2) is 16.1 Å². The zero-order valence-electron chi connectivity index (χ0n) is 11.1. The van der Waals surface area contributed by atoms with Gasteiger partial charge < -0.3 is 9.88 Å². The zero-order valence-corrected chi connectivity index (χ0v) is 12.8. The second-order valence-electron chi connectivity index (χ2n) is 4.51. The van der Waals surface area contributed by atoms with Gasteiger partial charge in [0.25, 0.3) is 5.56 Å². The van der Waals surface area contributed by atoms with Crippen LogP contribution < -0.4 is 10.9 Å². The molecule has 0 saturated heterocycles. The molecule has 6 heteroatoms. The highest BCUT2D eigenvalue weighted by molar-refractivity contribution is 7.17. The second-order valence-corrected chi connectivity index (χ2v) is 6.57. The highest BCUT2D eigenvalue weighted by atomic mass is 32.1. The van der Waals surface area contributed by atoms with Crippen LogP contribution in [0.1, 0.15) is 18.2 Å². The Labute approximate surface area is 124 Å². The Morgan fingerprint density at radius 2 is 2.30 bits per heavy atom. The van der Waals surface area contributed by atoms with E-state index in [0.717, 1.165) is 33.1 Å². The third-order valence-corrected chi connectivity index (χ3v) is 4.82. The lowest BCUT2D eigenvalue weighted by molar-refractivity contribution is 0.778. The molecule has 0 fully saturated rings. The minimum Gasteiger partial charge on any atom is -0.362 e. The highest BCUT2D eigenvalue weighted by Crippen LogP contribution is 2.20. The van der Waals surface area contributed by atoms with Crippen molar-refractivity contribution in [1.29, 1.82) is 0 Å². The maximum Gasteiger partial charge on any atom is 0.259 e. The van der Waals surface area contributed by atoms with Gasteiger partial charge in [0, 0.05) is 28.5 Å². The summed E-state index contributed by atoms with van der Waals surface area (Å²) >= 11 is 3.20. The Kier molecular flexibility index (Phi) is 3.84. The Bertz CT molecular complexity index is 772. The van der Waals surface area contributed by atoms with E-state index < -0.39 is 0 Å². The summed E-state index contributed by atoms with van der Waals surface area (Å²) in [6.07, 6.45) is 4.77. The fourth-order valence-electron chi connectivity index (χ4n) is 1.99. The number of aromatic nitrogens is 2. The van der Waals surface area contributed by atoms with Crippen LogP contribution in [0.25, 0.3) is 10.1 Å². The van der Waals surface area contributed by atoms with Gasteiger partial charge >= 0.3 is 0 Å². The van der Waals surface area contributed by atoms with Crippen LogP contribution in [0.2, 0.25) is 0 Å². The number of fused-ring (bicyclic) bond motifs is 1. The molecule has 0 bridgehead atoms. The van der Waals surface area contributed by atoms with Crippen LogP contribution in [-0.2, 0) is 6.54 Å². The first-order chi connectivity index (χ1) is 9.78. The number of pyridine rings is 1. The number of hydrogen-bond donors (Lipinski definition) is 1. The summed E-state index contributed by atoms with van der Waals surface area (Å²) in [6.45, 7) is 3.63. The highest BCUT2D eigenvalue weighted by Gasteiger charge is 2.06. The number of nitrogens with one attached hydrogen (secondary N) is 1. The molecular weight excluding hydrogens is 290 g/mol. The summed E-state index contributed by atoms with van der Waals surface area (Å²) in [5.41, 5.74) is 0.0696. The molecule has 0 atom stereocenters. The van der Waals surface area contributed by atoms with Gasteiger partial charge in [-0.15, -0.1) is 22.7 Å². The third-order valence-electron chi connectivity index (χ3n) is 3.00. The lowest BCUT2D eigenvalue weighted by atomic mass is 10.3. The standard InChI is InChI=1S/C14H15N3OS2/c1-2-5-15-14-16-8-10(20-14)9-17-6-3-12-11(13(17)18)4-7-19-12/h3-4,6-8H,2,5,9H2,1H3,(H,15,16). The van der Waals surface area contributed by atoms with Crippen molar-refractivity contribution in [2.75, 3.05) is 11.9 Å². The molecule has 0 aliphatic rings. The molecule has 0 radical (unpaired) electrons. The Hall–Kier alpha value is -1.66. The Balaban J connectivity index is 1.83. The number of anilines is 1. The topological polar surface area (TPSA) is 46.9 Å².